The molecule has 0 amide bonds. The van der Waals surface area contributed by atoms with Crippen LogP contribution < -0.4 is 5.32 Å². The largest absolute Gasteiger partial charge is 0.310 e. The molecule has 0 bridgehead atoms. The highest BCUT2D eigenvalue weighted by Crippen LogP contribution is 2.63. The van der Waals surface area contributed by atoms with Gasteiger partial charge >= 0.3 is 0 Å². The van der Waals surface area contributed by atoms with Gasteiger partial charge in [0.1, 0.15) is 0 Å². The molecule has 1 saturated heterocycles. The summed E-state index contributed by atoms with van der Waals surface area (Å²) < 4.78 is 0. The molecule has 3 aliphatic rings. The summed E-state index contributed by atoms with van der Waals surface area (Å²) in [5.41, 5.74) is 0. The molecule has 1 heteroatoms. The minimum Gasteiger partial charge on any atom is -0.310 e. The quantitative estimate of drug-likeness (QED) is 0.432. The van der Waals surface area contributed by atoms with Crippen LogP contribution in [0.4, 0.5) is 0 Å². The van der Waals surface area contributed by atoms with E-state index in [9.17, 15) is 0 Å². The summed E-state index contributed by atoms with van der Waals surface area (Å²) in [6.07, 6.45) is 1.51. The van der Waals surface area contributed by atoms with E-state index < -0.39 is 0 Å². The van der Waals surface area contributed by atoms with E-state index in [1.807, 2.05) is 0 Å². The zero-order chi connectivity index (χ0) is 3.72. The molecule has 3 rings (SSSR count). The van der Waals surface area contributed by atoms with Crippen LogP contribution in [-0.4, -0.2) is 12.1 Å². The Morgan fingerprint density at radius 2 is 2.50 bits per heavy atom. The average Bonchev–Trinajstić information content (AvgIpc) is 2.03. The maximum Gasteiger partial charge on any atom is 0.0149 e. The fraction of sp³-hybridized carbons (Fsp3) is 1.00. The summed E-state index contributed by atoms with van der Waals surface area (Å²) in [5, 5.41) is 3.45. The van der Waals surface area contributed by atoms with E-state index in [1.165, 1.54) is 12.3 Å². The Balaban J connectivity index is 2.21. The van der Waals surface area contributed by atoms with E-state index in [1.54, 1.807) is 0 Å². The van der Waals surface area contributed by atoms with Crippen molar-refractivity contribution in [3.63, 3.8) is 0 Å². The van der Waals surface area contributed by atoms with E-state index >= 15 is 0 Å². The molecular weight excluding hydrogens is 74.1 g/mol. The number of hydrogen-bond donors (Lipinski definition) is 1. The van der Waals surface area contributed by atoms with Crippen molar-refractivity contribution in [3.05, 3.63) is 0 Å². The third kappa shape index (κ3) is 0.0719. The average molecular weight is 81.1 g/mol. The van der Waals surface area contributed by atoms with Gasteiger partial charge in [-0.05, 0) is 18.3 Å². The number of hydrogen-bond acceptors (Lipinski definition) is 1. The summed E-state index contributed by atoms with van der Waals surface area (Å²) in [7, 11) is 0. The highest BCUT2D eigenvalue weighted by molar-refractivity contribution is 5.27. The highest BCUT2D eigenvalue weighted by Gasteiger charge is 2.71. The molecule has 4 atom stereocenters. The Bertz CT molecular complexity index is 81.4. The standard InChI is InChI=1S/C5H7N/c1-2-4-3(1)6-5(2)4/h2-6H,1H2/t2-,3?,4?,5?/m1/s1. The third-order valence-electron chi connectivity index (χ3n) is 2.63. The lowest BCUT2D eigenvalue weighted by molar-refractivity contribution is 0.293. The summed E-state index contributed by atoms with van der Waals surface area (Å²) in [6, 6.07) is 2.02. The van der Waals surface area contributed by atoms with E-state index in [4.69, 9.17) is 0 Å². The number of rotatable bonds is 0. The maximum atomic E-state index is 3.45. The van der Waals surface area contributed by atoms with Crippen LogP contribution in [0.25, 0.3) is 0 Å². The zero-order valence-electron chi connectivity index (χ0n) is 3.52. The van der Waals surface area contributed by atoms with Crippen molar-refractivity contribution in [2.45, 2.75) is 18.5 Å². The topological polar surface area (TPSA) is 12.0 Å². The van der Waals surface area contributed by atoms with Gasteiger partial charge in [0.25, 0.3) is 0 Å². The Morgan fingerprint density at radius 1 is 1.50 bits per heavy atom. The molecular formula is C5H7N. The molecule has 3 unspecified atom stereocenters. The van der Waals surface area contributed by atoms with Crippen LogP contribution in [0.5, 0.6) is 0 Å². The summed E-state index contributed by atoms with van der Waals surface area (Å²) >= 11 is 0. The first-order valence-electron chi connectivity index (χ1n) is 2.73. The van der Waals surface area contributed by atoms with Gasteiger partial charge in [-0.2, -0.15) is 0 Å². The minimum atomic E-state index is 1.000. The second-order valence-corrected chi connectivity index (χ2v) is 2.78. The molecule has 32 valence electrons. The molecule has 0 aromatic carbocycles. The SMILES string of the molecule is C1C2NC3C2[C@@H]13. The summed E-state index contributed by atoms with van der Waals surface area (Å²) in [5.74, 6) is 2.35. The predicted molar refractivity (Wildman–Crippen MR) is 22.3 cm³/mol. The number of nitrogens with one attached hydrogen (secondary N) is 1. The lowest BCUT2D eigenvalue weighted by Crippen LogP contribution is -2.44. The van der Waals surface area contributed by atoms with Crippen molar-refractivity contribution >= 4 is 0 Å². The Hall–Kier alpha value is -0.0400. The van der Waals surface area contributed by atoms with Crippen LogP contribution in [0.15, 0.2) is 0 Å². The van der Waals surface area contributed by atoms with E-state index in [-0.39, 0.29) is 0 Å². The molecule has 6 heavy (non-hydrogen) atoms. The Labute approximate surface area is 36.7 Å². The van der Waals surface area contributed by atoms with Gasteiger partial charge in [0.2, 0.25) is 0 Å². The van der Waals surface area contributed by atoms with Crippen molar-refractivity contribution < 1.29 is 0 Å². The van der Waals surface area contributed by atoms with Crippen molar-refractivity contribution in [2.24, 2.45) is 11.8 Å². The molecule has 0 aromatic heterocycles. The van der Waals surface area contributed by atoms with Crippen molar-refractivity contribution in [1.82, 2.24) is 5.32 Å². The molecule has 1 heterocycles. The van der Waals surface area contributed by atoms with Crippen LogP contribution in [0, 0.1) is 11.8 Å². The minimum absolute atomic E-state index is 1.000. The monoisotopic (exact) mass is 81.1 g/mol. The van der Waals surface area contributed by atoms with Gasteiger partial charge in [-0.3, -0.25) is 0 Å². The normalized spacial score (nSPS) is 80.0. The van der Waals surface area contributed by atoms with Crippen LogP contribution in [0.3, 0.4) is 0 Å². The first kappa shape index (κ1) is 2.31. The third-order valence-corrected chi connectivity index (χ3v) is 2.63. The fourth-order valence-corrected chi connectivity index (χ4v) is 2.05. The molecule has 1 N–H and O–H groups in total. The Morgan fingerprint density at radius 3 is 2.50 bits per heavy atom. The molecule has 0 spiro atoms. The second kappa shape index (κ2) is 0.399. The molecule has 0 aromatic rings. The van der Waals surface area contributed by atoms with Crippen LogP contribution in [0.2, 0.25) is 0 Å². The fourth-order valence-electron chi connectivity index (χ4n) is 2.05. The van der Waals surface area contributed by atoms with E-state index in [0.29, 0.717) is 0 Å². The first-order valence-corrected chi connectivity index (χ1v) is 2.73. The number of fused-ring (bicyclic) bond motifs is 1. The number of piperidine rings is 1. The van der Waals surface area contributed by atoms with Crippen molar-refractivity contribution in [1.29, 1.82) is 0 Å². The highest BCUT2D eigenvalue weighted by atomic mass is 15.2. The van der Waals surface area contributed by atoms with Gasteiger partial charge in [0.15, 0.2) is 0 Å². The van der Waals surface area contributed by atoms with E-state index in [0.717, 1.165) is 18.0 Å². The van der Waals surface area contributed by atoms with Crippen LogP contribution in [-0.2, 0) is 0 Å². The van der Waals surface area contributed by atoms with Gasteiger partial charge in [-0.25, -0.2) is 0 Å². The molecule has 2 aliphatic carbocycles. The summed E-state index contributed by atoms with van der Waals surface area (Å²) in [4.78, 5) is 0. The molecule has 0 radical (unpaired) electrons. The molecule has 3 fully saturated rings. The second-order valence-electron chi connectivity index (χ2n) is 2.78. The van der Waals surface area contributed by atoms with Crippen molar-refractivity contribution in [3.8, 4) is 0 Å². The van der Waals surface area contributed by atoms with E-state index in [2.05, 4.69) is 5.32 Å². The lowest BCUT2D eigenvalue weighted by Gasteiger charge is -2.27. The smallest absolute Gasteiger partial charge is 0.0149 e. The van der Waals surface area contributed by atoms with Crippen LogP contribution in [0.1, 0.15) is 6.42 Å². The van der Waals surface area contributed by atoms with Crippen LogP contribution >= 0.6 is 0 Å². The lowest BCUT2D eigenvalue weighted by atomic mass is 9.92. The molecule has 1 nitrogen and oxygen atoms in total. The first-order chi connectivity index (χ1) is 2.97. The predicted octanol–water partition coefficient (Wildman–Crippen LogP) is -0.0235. The van der Waals surface area contributed by atoms with Gasteiger partial charge in [-0.1, -0.05) is 0 Å². The van der Waals surface area contributed by atoms with Crippen molar-refractivity contribution in [2.75, 3.05) is 0 Å². The van der Waals surface area contributed by atoms with Gasteiger partial charge < -0.3 is 5.32 Å². The Kier molecular flexibility index (Phi) is 0.154. The van der Waals surface area contributed by atoms with Gasteiger partial charge in [0.05, 0.1) is 0 Å². The summed E-state index contributed by atoms with van der Waals surface area (Å²) in [6.45, 7) is 0. The van der Waals surface area contributed by atoms with Gasteiger partial charge in [0, 0.05) is 12.1 Å². The maximum absolute atomic E-state index is 3.45. The molecule has 2 saturated carbocycles. The van der Waals surface area contributed by atoms with Gasteiger partial charge in [-0.15, -0.1) is 0 Å². The molecule has 1 aliphatic heterocycles. The zero-order valence-corrected chi connectivity index (χ0v) is 3.52.